The molecular weight excluding hydrogens is 266 g/mol. The van der Waals surface area contributed by atoms with Gasteiger partial charge < -0.3 is 0 Å². The molecule has 3 nitrogen and oxygen atoms in total. The fraction of sp³-hybridized carbons (Fsp3) is 0.231. The second kappa shape index (κ2) is 6.61. The third-order valence-electron chi connectivity index (χ3n) is 2.50. The molecule has 0 aliphatic carbocycles. The Morgan fingerprint density at radius 3 is 2.78 bits per heavy atom. The number of benzene rings is 1. The molecule has 0 fully saturated rings. The average Bonchev–Trinajstić information content (AvgIpc) is 2.88. The van der Waals surface area contributed by atoms with E-state index in [1.807, 2.05) is 6.08 Å². The lowest BCUT2D eigenvalue weighted by molar-refractivity contribution is 0.975. The SMILES string of the molecule is CCc1ccc(-c2nc(SC/C=C/Cl)n[nH]2)cc1. The lowest BCUT2D eigenvalue weighted by Gasteiger charge is -1.98. The van der Waals surface area contributed by atoms with E-state index in [4.69, 9.17) is 11.6 Å². The van der Waals surface area contributed by atoms with Crippen LogP contribution < -0.4 is 0 Å². The molecule has 0 aliphatic heterocycles. The van der Waals surface area contributed by atoms with Gasteiger partial charge in [0.1, 0.15) is 0 Å². The summed E-state index contributed by atoms with van der Waals surface area (Å²) >= 11 is 7.00. The quantitative estimate of drug-likeness (QED) is 0.845. The second-order valence-corrected chi connectivity index (χ2v) is 4.93. The van der Waals surface area contributed by atoms with Gasteiger partial charge in [0.25, 0.3) is 0 Å². The van der Waals surface area contributed by atoms with Crippen molar-refractivity contribution in [2.75, 3.05) is 5.75 Å². The predicted octanol–water partition coefficient (Wildman–Crippen LogP) is 3.88. The first-order valence-corrected chi connectivity index (χ1v) is 7.15. The third kappa shape index (κ3) is 3.37. The van der Waals surface area contributed by atoms with E-state index in [0.29, 0.717) is 0 Å². The molecule has 18 heavy (non-hydrogen) atoms. The van der Waals surface area contributed by atoms with Crippen LogP contribution >= 0.6 is 23.4 Å². The van der Waals surface area contributed by atoms with Gasteiger partial charge in [-0.2, -0.15) is 0 Å². The van der Waals surface area contributed by atoms with Crippen molar-refractivity contribution < 1.29 is 0 Å². The van der Waals surface area contributed by atoms with Gasteiger partial charge in [-0.1, -0.05) is 60.6 Å². The molecule has 0 amide bonds. The molecule has 0 unspecified atom stereocenters. The summed E-state index contributed by atoms with van der Waals surface area (Å²) < 4.78 is 0. The van der Waals surface area contributed by atoms with Gasteiger partial charge in [-0.3, -0.25) is 5.10 Å². The fourth-order valence-corrected chi connectivity index (χ4v) is 2.30. The number of aromatic amines is 1. The van der Waals surface area contributed by atoms with E-state index < -0.39 is 0 Å². The first-order valence-electron chi connectivity index (χ1n) is 5.73. The van der Waals surface area contributed by atoms with Crippen molar-refractivity contribution in [3.63, 3.8) is 0 Å². The molecular formula is C13H14ClN3S. The molecule has 0 spiro atoms. The molecule has 0 radical (unpaired) electrons. The van der Waals surface area contributed by atoms with Gasteiger partial charge in [0.15, 0.2) is 5.82 Å². The summed E-state index contributed by atoms with van der Waals surface area (Å²) in [5, 5.41) is 7.84. The summed E-state index contributed by atoms with van der Waals surface area (Å²) in [6, 6.07) is 8.35. The minimum atomic E-state index is 0.735. The summed E-state index contributed by atoms with van der Waals surface area (Å²) in [7, 11) is 0. The summed E-state index contributed by atoms with van der Waals surface area (Å²) in [6.07, 6.45) is 2.90. The summed E-state index contributed by atoms with van der Waals surface area (Å²) in [5.41, 5.74) is 3.88. The Kier molecular flexibility index (Phi) is 4.84. The largest absolute Gasteiger partial charge is 0.258 e. The number of thioether (sulfide) groups is 1. The molecule has 1 aromatic carbocycles. The van der Waals surface area contributed by atoms with Gasteiger partial charge in [0, 0.05) is 16.9 Å². The first-order chi connectivity index (χ1) is 8.83. The Morgan fingerprint density at radius 1 is 1.33 bits per heavy atom. The number of hydrogen-bond donors (Lipinski definition) is 1. The minimum absolute atomic E-state index is 0.735. The highest BCUT2D eigenvalue weighted by Gasteiger charge is 2.05. The maximum atomic E-state index is 5.45. The maximum Gasteiger partial charge on any atom is 0.209 e. The smallest absolute Gasteiger partial charge is 0.209 e. The fourth-order valence-electron chi connectivity index (χ4n) is 1.50. The van der Waals surface area contributed by atoms with Crippen LogP contribution in [0.2, 0.25) is 0 Å². The summed E-state index contributed by atoms with van der Waals surface area (Å²) in [6.45, 7) is 2.14. The zero-order valence-electron chi connectivity index (χ0n) is 10.1. The Labute approximate surface area is 116 Å². The molecule has 1 aromatic heterocycles. The normalized spacial score (nSPS) is 11.2. The van der Waals surface area contributed by atoms with Crippen LogP contribution in [0.4, 0.5) is 0 Å². The van der Waals surface area contributed by atoms with Crippen LogP contribution in [-0.2, 0) is 6.42 Å². The van der Waals surface area contributed by atoms with Crippen molar-refractivity contribution in [2.45, 2.75) is 18.5 Å². The zero-order chi connectivity index (χ0) is 12.8. The van der Waals surface area contributed by atoms with E-state index in [-0.39, 0.29) is 0 Å². The van der Waals surface area contributed by atoms with Gasteiger partial charge in [0.05, 0.1) is 0 Å². The number of nitrogens with one attached hydrogen (secondary N) is 1. The van der Waals surface area contributed by atoms with Crippen molar-refractivity contribution in [1.82, 2.24) is 15.2 Å². The number of hydrogen-bond acceptors (Lipinski definition) is 3. The number of halogens is 1. The molecule has 94 valence electrons. The van der Waals surface area contributed by atoms with Crippen LogP contribution in [0.25, 0.3) is 11.4 Å². The maximum absolute atomic E-state index is 5.45. The number of nitrogens with zero attached hydrogens (tertiary/aromatic N) is 2. The van der Waals surface area contributed by atoms with Crippen molar-refractivity contribution in [3.8, 4) is 11.4 Å². The monoisotopic (exact) mass is 279 g/mol. The Morgan fingerprint density at radius 2 is 2.11 bits per heavy atom. The van der Waals surface area contributed by atoms with E-state index in [1.165, 1.54) is 11.1 Å². The van der Waals surface area contributed by atoms with E-state index in [9.17, 15) is 0 Å². The molecule has 0 bridgehead atoms. The second-order valence-electron chi connectivity index (χ2n) is 3.69. The number of rotatable bonds is 5. The molecule has 5 heteroatoms. The number of aryl methyl sites for hydroxylation is 1. The minimum Gasteiger partial charge on any atom is -0.258 e. The zero-order valence-corrected chi connectivity index (χ0v) is 11.6. The van der Waals surface area contributed by atoms with Gasteiger partial charge in [-0.25, -0.2) is 4.98 Å². The van der Waals surface area contributed by atoms with E-state index in [2.05, 4.69) is 46.4 Å². The highest BCUT2D eigenvalue weighted by atomic mass is 35.5. The van der Waals surface area contributed by atoms with E-state index >= 15 is 0 Å². The molecule has 1 heterocycles. The number of aromatic nitrogens is 3. The summed E-state index contributed by atoms with van der Waals surface area (Å²) in [4.78, 5) is 4.43. The van der Waals surface area contributed by atoms with Gasteiger partial charge in [0.2, 0.25) is 5.16 Å². The van der Waals surface area contributed by atoms with E-state index in [0.717, 1.165) is 28.7 Å². The van der Waals surface area contributed by atoms with Gasteiger partial charge >= 0.3 is 0 Å². The molecule has 0 saturated heterocycles. The third-order valence-corrected chi connectivity index (χ3v) is 3.48. The average molecular weight is 280 g/mol. The van der Waals surface area contributed by atoms with Gasteiger partial charge in [-0.15, -0.1) is 5.10 Å². The van der Waals surface area contributed by atoms with Crippen LogP contribution in [0.3, 0.4) is 0 Å². The predicted molar refractivity (Wildman–Crippen MR) is 76.9 cm³/mol. The molecule has 0 saturated carbocycles. The Bertz CT molecular complexity index is 519. The highest BCUT2D eigenvalue weighted by molar-refractivity contribution is 7.99. The van der Waals surface area contributed by atoms with Crippen molar-refractivity contribution in [1.29, 1.82) is 0 Å². The lowest BCUT2D eigenvalue weighted by atomic mass is 10.1. The molecule has 1 N–H and O–H groups in total. The summed E-state index contributed by atoms with van der Waals surface area (Å²) in [5.74, 6) is 1.57. The van der Waals surface area contributed by atoms with Crippen LogP contribution in [0.1, 0.15) is 12.5 Å². The van der Waals surface area contributed by atoms with Gasteiger partial charge in [-0.05, 0) is 12.0 Å². The lowest BCUT2D eigenvalue weighted by Crippen LogP contribution is -1.83. The first kappa shape index (κ1) is 13.2. The highest BCUT2D eigenvalue weighted by Crippen LogP contribution is 2.19. The Hall–Kier alpha value is -1.26. The Balaban J connectivity index is 2.08. The van der Waals surface area contributed by atoms with Crippen molar-refractivity contribution >= 4 is 23.4 Å². The van der Waals surface area contributed by atoms with Crippen LogP contribution in [-0.4, -0.2) is 20.9 Å². The van der Waals surface area contributed by atoms with Crippen LogP contribution in [0, 0.1) is 0 Å². The van der Waals surface area contributed by atoms with Crippen molar-refractivity contribution in [2.24, 2.45) is 0 Å². The number of H-pyrrole nitrogens is 1. The van der Waals surface area contributed by atoms with Crippen LogP contribution in [0.15, 0.2) is 41.0 Å². The molecule has 0 atom stereocenters. The molecule has 2 rings (SSSR count). The molecule has 2 aromatic rings. The standard InChI is InChI=1S/C13H14ClN3S/c1-2-10-4-6-11(7-5-10)12-15-13(17-16-12)18-9-3-8-14/h3-8H,2,9H2,1H3,(H,15,16,17)/b8-3+. The van der Waals surface area contributed by atoms with E-state index in [1.54, 1.807) is 11.8 Å². The topological polar surface area (TPSA) is 41.6 Å². The van der Waals surface area contributed by atoms with Crippen LogP contribution in [0.5, 0.6) is 0 Å². The van der Waals surface area contributed by atoms with Crippen molar-refractivity contribution in [3.05, 3.63) is 41.4 Å². The molecule has 0 aliphatic rings.